The number of aromatic nitrogens is 3. The highest BCUT2D eigenvalue weighted by Crippen LogP contribution is 2.30. The Morgan fingerprint density at radius 1 is 1.07 bits per heavy atom. The minimum atomic E-state index is 0.294. The fourth-order valence-corrected chi connectivity index (χ4v) is 4.20. The Morgan fingerprint density at radius 2 is 1.93 bits per heavy atom. The average Bonchev–Trinajstić information content (AvgIpc) is 3.43. The molecule has 2 aromatic heterocycles. The normalized spacial score (nSPS) is 18.8. The van der Waals surface area contributed by atoms with E-state index in [9.17, 15) is 0 Å². The van der Waals surface area contributed by atoms with Crippen LogP contribution in [0.3, 0.4) is 0 Å². The standard InChI is InChI=1S/C21H25N5O2/c1-2-4-18(3-1)28-21-19-11-17(5-6-20(19)22-15-23-21)26-9-7-25(8-10-26)13-16-12-24-27-14-16/h5-6,11-12,14-15,18H,1-4,7-10,13H2. The maximum atomic E-state index is 6.21. The summed E-state index contributed by atoms with van der Waals surface area (Å²) in [6.45, 7) is 4.90. The van der Waals surface area contributed by atoms with Crippen LogP contribution in [0.25, 0.3) is 10.9 Å². The van der Waals surface area contributed by atoms with Crippen molar-refractivity contribution in [3.05, 3.63) is 42.5 Å². The lowest BCUT2D eigenvalue weighted by molar-refractivity contribution is 0.204. The molecule has 28 heavy (non-hydrogen) atoms. The summed E-state index contributed by atoms with van der Waals surface area (Å²) in [6.07, 6.45) is 10.2. The van der Waals surface area contributed by atoms with E-state index in [1.807, 2.05) is 0 Å². The van der Waals surface area contributed by atoms with E-state index >= 15 is 0 Å². The third-order valence-electron chi connectivity index (χ3n) is 5.79. The zero-order valence-electron chi connectivity index (χ0n) is 16.0. The number of anilines is 1. The molecular formula is C21H25N5O2. The van der Waals surface area contributed by atoms with Gasteiger partial charge in [-0.15, -0.1) is 0 Å². The Labute approximate surface area is 164 Å². The lowest BCUT2D eigenvalue weighted by atomic mass is 10.1. The number of hydrogen-bond acceptors (Lipinski definition) is 7. The van der Waals surface area contributed by atoms with Gasteiger partial charge in [0.05, 0.1) is 17.1 Å². The summed E-state index contributed by atoms with van der Waals surface area (Å²) in [5.74, 6) is 0.727. The van der Waals surface area contributed by atoms with Crippen molar-refractivity contribution in [2.75, 3.05) is 31.1 Å². The maximum Gasteiger partial charge on any atom is 0.224 e. The van der Waals surface area contributed by atoms with Gasteiger partial charge >= 0.3 is 0 Å². The molecule has 0 atom stereocenters. The van der Waals surface area contributed by atoms with E-state index in [0.29, 0.717) is 6.10 Å². The highest BCUT2D eigenvalue weighted by atomic mass is 16.5. The van der Waals surface area contributed by atoms with Gasteiger partial charge in [-0.25, -0.2) is 9.97 Å². The first-order valence-corrected chi connectivity index (χ1v) is 10.1. The third kappa shape index (κ3) is 3.67. The molecule has 7 heteroatoms. The third-order valence-corrected chi connectivity index (χ3v) is 5.79. The summed E-state index contributed by atoms with van der Waals surface area (Å²) in [4.78, 5) is 13.7. The van der Waals surface area contributed by atoms with Crippen molar-refractivity contribution in [2.45, 2.75) is 38.3 Å². The smallest absolute Gasteiger partial charge is 0.224 e. The lowest BCUT2D eigenvalue weighted by Crippen LogP contribution is -2.45. The molecule has 2 aliphatic rings. The number of hydrogen-bond donors (Lipinski definition) is 0. The number of ether oxygens (including phenoxy) is 1. The number of nitrogens with zero attached hydrogens (tertiary/aromatic N) is 5. The van der Waals surface area contributed by atoms with Crippen molar-refractivity contribution >= 4 is 16.6 Å². The predicted octanol–water partition coefficient (Wildman–Crippen LogP) is 3.26. The van der Waals surface area contributed by atoms with E-state index < -0.39 is 0 Å². The van der Waals surface area contributed by atoms with E-state index in [-0.39, 0.29) is 0 Å². The summed E-state index contributed by atoms with van der Waals surface area (Å²) >= 11 is 0. The Morgan fingerprint density at radius 3 is 2.71 bits per heavy atom. The van der Waals surface area contributed by atoms with E-state index in [1.54, 1.807) is 18.8 Å². The molecule has 0 bridgehead atoms. The first kappa shape index (κ1) is 17.4. The van der Waals surface area contributed by atoms with Crippen molar-refractivity contribution in [2.24, 2.45) is 0 Å². The van der Waals surface area contributed by atoms with E-state index in [1.165, 1.54) is 18.5 Å². The quantitative estimate of drug-likeness (QED) is 0.674. The second-order valence-electron chi connectivity index (χ2n) is 7.70. The summed E-state index contributed by atoms with van der Waals surface area (Å²) in [5.41, 5.74) is 3.28. The minimum Gasteiger partial charge on any atom is -0.474 e. The molecule has 146 valence electrons. The van der Waals surface area contributed by atoms with Gasteiger partial charge in [0.1, 0.15) is 18.7 Å². The lowest BCUT2D eigenvalue weighted by Gasteiger charge is -2.36. The fourth-order valence-electron chi connectivity index (χ4n) is 4.20. The van der Waals surface area contributed by atoms with Gasteiger partial charge in [-0.1, -0.05) is 5.16 Å². The summed E-state index contributed by atoms with van der Waals surface area (Å²) in [6, 6.07) is 6.43. The number of fused-ring (bicyclic) bond motifs is 1. The van der Waals surface area contributed by atoms with Crippen molar-refractivity contribution in [3.63, 3.8) is 0 Å². The highest BCUT2D eigenvalue weighted by molar-refractivity contribution is 5.86. The van der Waals surface area contributed by atoms with Crippen LogP contribution >= 0.6 is 0 Å². The molecule has 3 aromatic rings. The summed E-state index contributed by atoms with van der Waals surface area (Å²) in [7, 11) is 0. The molecule has 0 spiro atoms. The Balaban J connectivity index is 1.30. The maximum absolute atomic E-state index is 6.21. The van der Waals surface area contributed by atoms with Gasteiger partial charge in [-0.05, 0) is 43.9 Å². The zero-order valence-corrected chi connectivity index (χ0v) is 16.0. The molecule has 0 radical (unpaired) electrons. The van der Waals surface area contributed by atoms with Crippen molar-refractivity contribution < 1.29 is 9.26 Å². The van der Waals surface area contributed by atoms with E-state index in [0.717, 1.165) is 67.9 Å². The van der Waals surface area contributed by atoms with Crippen LogP contribution in [-0.4, -0.2) is 52.3 Å². The number of rotatable bonds is 5. The van der Waals surface area contributed by atoms with Crippen LogP contribution in [0.15, 0.2) is 41.5 Å². The molecule has 1 saturated heterocycles. The van der Waals surface area contributed by atoms with Crippen LogP contribution in [0, 0.1) is 0 Å². The van der Waals surface area contributed by atoms with Gasteiger partial charge < -0.3 is 14.2 Å². The Bertz CT molecular complexity index is 916. The van der Waals surface area contributed by atoms with Gasteiger partial charge in [0.15, 0.2) is 0 Å². The van der Waals surface area contributed by atoms with Crippen LogP contribution in [0.2, 0.25) is 0 Å². The number of piperazine rings is 1. The Kier molecular flexibility index (Phi) is 4.83. The molecule has 3 heterocycles. The SMILES string of the molecule is c1nc(OC2CCCC2)c2cc(N3CCN(Cc4cnoc4)CC3)ccc2n1. The molecule has 1 aromatic carbocycles. The van der Waals surface area contributed by atoms with Crippen molar-refractivity contribution in [1.82, 2.24) is 20.0 Å². The first-order chi connectivity index (χ1) is 13.8. The molecule has 1 aliphatic carbocycles. The van der Waals surface area contributed by atoms with E-state index in [4.69, 9.17) is 9.26 Å². The van der Waals surface area contributed by atoms with Gasteiger partial charge in [-0.3, -0.25) is 4.90 Å². The monoisotopic (exact) mass is 379 g/mol. The van der Waals surface area contributed by atoms with E-state index in [2.05, 4.69) is 43.1 Å². The zero-order chi connectivity index (χ0) is 18.8. The summed E-state index contributed by atoms with van der Waals surface area (Å²) in [5, 5.41) is 4.80. The van der Waals surface area contributed by atoms with Crippen LogP contribution in [0.5, 0.6) is 5.88 Å². The average molecular weight is 379 g/mol. The van der Waals surface area contributed by atoms with Crippen LogP contribution in [-0.2, 0) is 6.54 Å². The molecule has 0 unspecified atom stereocenters. The second-order valence-corrected chi connectivity index (χ2v) is 7.70. The molecule has 5 rings (SSSR count). The second kappa shape index (κ2) is 7.75. The van der Waals surface area contributed by atoms with Crippen LogP contribution in [0.4, 0.5) is 5.69 Å². The molecule has 2 fully saturated rings. The molecule has 0 amide bonds. The summed E-state index contributed by atoms with van der Waals surface area (Å²) < 4.78 is 11.1. The topological polar surface area (TPSA) is 67.5 Å². The fraction of sp³-hybridized carbons (Fsp3) is 0.476. The van der Waals surface area contributed by atoms with Gasteiger partial charge in [0.25, 0.3) is 0 Å². The van der Waals surface area contributed by atoms with Gasteiger partial charge in [0, 0.05) is 44.0 Å². The predicted molar refractivity (Wildman–Crippen MR) is 106 cm³/mol. The molecule has 7 nitrogen and oxygen atoms in total. The highest BCUT2D eigenvalue weighted by Gasteiger charge is 2.21. The minimum absolute atomic E-state index is 0.294. The Hall–Kier alpha value is -2.67. The molecule has 0 N–H and O–H groups in total. The van der Waals surface area contributed by atoms with Gasteiger partial charge in [0.2, 0.25) is 5.88 Å². The molecule has 1 saturated carbocycles. The van der Waals surface area contributed by atoms with Crippen LogP contribution in [0.1, 0.15) is 31.2 Å². The largest absolute Gasteiger partial charge is 0.474 e. The van der Waals surface area contributed by atoms with Crippen LogP contribution < -0.4 is 9.64 Å². The molecule has 1 aliphatic heterocycles. The molecular weight excluding hydrogens is 354 g/mol. The van der Waals surface area contributed by atoms with Crippen molar-refractivity contribution in [3.8, 4) is 5.88 Å². The van der Waals surface area contributed by atoms with Gasteiger partial charge in [-0.2, -0.15) is 0 Å². The van der Waals surface area contributed by atoms with Crippen molar-refractivity contribution in [1.29, 1.82) is 0 Å². The first-order valence-electron chi connectivity index (χ1n) is 10.1. The number of benzene rings is 1.